The fourth-order valence-electron chi connectivity index (χ4n) is 3.17. The molecule has 0 radical (unpaired) electrons. The third-order valence-corrected chi connectivity index (χ3v) is 4.68. The Kier molecular flexibility index (Phi) is 4.20. The molecule has 1 aliphatic heterocycles. The largest absolute Gasteiger partial charge is 0.339 e. The minimum absolute atomic E-state index is 0.00840. The van der Waals surface area contributed by atoms with Crippen molar-refractivity contribution >= 4 is 23.2 Å². The van der Waals surface area contributed by atoms with Gasteiger partial charge in [0.15, 0.2) is 0 Å². The van der Waals surface area contributed by atoms with E-state index in [2.05, 4.69) is 10.1 Å². The summed E-state index contributed by atoms with van der Waals surface area (Å²) in [5, 5.41) is 4.55. The molecular weight excluding hydrogens is 357 g/mol. The summed E-state index contributed by atoms with van der Waals surface area (Å²) in [6.45, 7) is 2.36. The Hall–Kier alpha value is -2.73. The van der Waals surface area contributed by atoms with Crippen molar-refractivity contribution in [3.8, 4) is 11.4 Å². The van der Waals surface area contributed by atoms with Gasteiger partial charge in [0.05, 0.1) is 5.92 Å². The first kappa shape index (κ1) is 16.7. The van der Waals surface area contributed by atoms with Crippen LogP contribution in [0.25, 0.3) is 11.4 Å². The Morgan fingerprint density at radius 3 is 2.88 bits per heavy atom. The second-order valence-corrected chi connectivity index (χ2v) is 6.74. The van der Waals surface area contributed by atoms with Crippen LogP contribution in [-0.2, 0) is 4.79 Å². The molecule has 4 rings (SSSR count). The molecule has 1 saturated heterocycles. The molecule has 1 aromatic heterocycles. The van der Waals surface area contributed by atoms with Crippen molar-refractivity contribution in [1.29, 1.82) is 0 Å². The summed E-state index contributed by atoms with van der Waals surface area (Å²) in [6, 6.07) is 11.4. The highest BCUT2D eigenvalue weighted by molar-refractivity contribution is 6.30. The van der Waals surface area contributed by atoms with Crippen molar-refractivity contribution < 1.29 is 13.7 Å². The van der Waals surface area contributed by atoms with E-state index >= 15 is 0 Å². The van der Waals surface area contributed by atoms with Gasteiger partial charge in [-0.05, 0) is 42.8 Å². The van der Waals surface area contributed by atoms with E-state index in [1.54, 1.807) is 23.1 Å². The van der Waals surface area contributed by atoms with E-state index < -0.39 is 0 Å². The summed E-state index contributed by atoms with van der Waals surface area (Å²) in [6.07, 6.45) is 0.285. The molecule has 3 aromatic rings. The van der Waals surface area contributed by atoms with Gasteiger partial charge in [0, 0.05) is 29.2 Å². The Balaban J connectivity index is 1.58. The van der Waals surface area contributed by atoms with Gasteiger partial charge in [0.25, 0.3) is 0 Å². The van der Waals surface area contributed by atoms with E-state index in [4.69, 9.17) is 16.1 Å². The first-order valence-electron chi connectivity index (χ1n) is 8.17. The molecule has 0 N–H and O–H groups in total. The van der Waals surface area contributed by atoms with Gasteiger partial charge in [-0.25, -0.2) is 4.39 Å². The minimum Gasteiger partial charge on any atom is -0.339 e. The Labute approximate surface area is 154 Å². The SMILES string of the molecule is Cc1cc(Cl)ccc1N1CC(c2nc(-c3cccc(F)c3)no2)CC1=O. The second kappa shape index (κ2) is 6.53. The van der Waals surface area contributed by atoms with Crippen LogP contribution in [0.4, 0.5) is 10.1 Å². The summed E-state index contributed by atoms with van der Waals surface area (Å²) in [5.74, 6) is 0.118. The molecule has 1 fully saturated rings. The zero-order chi connectivity index (χ0) is 18.3. The molecule has 132 valence electrons. The zero-order valence-electron chi connectivity index (χ0n) is 13.9. The smallest absolute Gasteiger partial charge is 0.232 e. The van der Waals surface area contributed by atoms with Crippen LogP contribution in [0.5, 0.6) is 0 Å². The normalized spacial score (nSPS) is 17.1. The highest BCUT2D eigenvalue weighted by atomic mass is 35.5. The number of nitrogens with zero attached hydrogens (tertiary/aromatic N) is 3. The van der Waals surface area contributed by atoms with Crippen molar-refractivity contribution in [3.05, 3.63) is 64.8 Å². The van der Waals surface area contributed by atoms with Crippen molar-refractivity contribution in [2.24, 2.45) is 0 Å². The lowest BCUT2D eigenvalue weighted by Gasteiger charge is -2.18. The molecule has 2 heterocycles. The number of anilines is 1. The van der Waals surface area contributed by atoms with E-state index in [1.165, 1.54) is 12.1 Å². The van der Waals surface area contributed by atoms with E-state index in [9.17, 15) is 9.18 Å². The van der Waals surface area contributed by atoms with Gasteiger partial charge in [-0.15, -0.1) is 0 Å². The van der Waals surface area contributed by atoms with E-state index in [-0.39, 0.29) is 24.1 Å². The zero-order valence-corrected chi connectivity index (χ0v) is 14.7. The summed E-state index contributed by atoms with van der Waals surface area (Å²) < 4.78 is 18.7. The third kappa shape index (κ3) is 3.08. The molecule has 1 amide bonds. The van der Waals surface area contributed by atoms with Gasteiger partial charge < -0.3 is 9.42 Å². The summed E-state index contributed by atoms with van der Waals surface area (Å²) in [7, 11) is 0. The molecule has 1 aliphatic rings. The first-order valence-corrected chi connectivity index (χ1v) is 8.55. The molecule has 26 heavy (non-hydrogen) atoms. The van der Waals surface area contributed by atoms with Gasteiger partial charge in [-0.1, -0.05) is 28.9 Å². The number of hydrogen-bond donors (Lipinski definition) is 0. The van der Waals surface area contributed by atoms with Gasteiger partial charge in [-0.3, -0.25) is 4.79 Å². The highest BCUT2D eigenvalue weighted by Gasteiger charge is 2.35. The number of benzene rings is 2. The first-order chi connectivity index (χ1) is 12.5. The number of amides is 1. The second-order valence-electron chi connectivity index (χ2n) is 6.30. The van der Waals surface area contributed by atoms with E-state index in [1.807, 2.05) is 19.1 Å². The summed E-state index contributed by atoms with van der Waals surface area (Å²) in [5.41, 5.74) is 2.29. The predicted molar refractivity (Wildman–Crippen MR) is 95.6 cm³/mol. The molecule has 0 aliphatic carbocycles. The van der Waals surface area contributed by atoms with Crippen LogP contribution >= 0.6 is 11.6 Å². The van der Waals surface area contributed by atoms with Gasteiger partial charge >= 0.3 is 0 Å². The van der Waals surface area contributed by atoms with Crippen molar-refractivity contribution in [2.75, 3.05) is 11.4 Å². The number of carbonyl (C=O) groups is 1. The van der Waals surface area contributed by atoms with Crippen LogP contribution in [0.2, 0.25) is 5.02 Å². The quantitative estimate of drug-likeness (QED) is 0.686. The molecule has 0 saturated carbocycles. The number of halogens is 2. The molecule has 5 nitrogen and oxygen atoms in total. The van der Waals surface area contributed by atoms with Crippen molar-refractivity contribution in [1.82, 2.24) is 10.1 Å². The maximum atomic E-state index is 13.4. The van der Waals surface area contributed by atoms with Gasteiger partial charge in [-0.2, -0.15) is 4.98 Å². The molecular formula is C19H15ClFN3O2. The molecule has 0 bridgehead atoms. The lowest BCUT2D eigenvalue weighted by atomic mass is 10.1. The van der Waals surface area contributed by atoms with Crippen LogP contribution in [0, 0.1) is 12.7 Å². The van der Waals surface area contributed by atoms with Gasteiger partial charge in [0.1, 0.15) is 5.82 Å². The van der Waals surface area contributed by atoms with Crippen LogP contribution in [0.1, 0.15) is 23.8 Å². The fourth-order valence-corrected chi connectivity index (χ4v) is 3.40. The Morgan fingerprint density at radius 1 is 1.27 bits per heavy atom. The average Bonchev–Trinajstić information content (AvgIpc) is 3.22. The lowest BCUT2D eigenvalue weighted by molar-refractivity contribution is -0.117. The number of aryl methyl sites for hydroxylation is 1. The number of aromatic nitrogens is 2. The lowest BCUT2D eigenvalue weighted by Crippen LogP contribution is -2.25. The van der Waals surface area contributed by atoms with Crippen LogP contribution in [-0.4, -0.2) is 22.6 Å². The van der Waals surface area contributed by atoms with Gasteiger partial charge in [0.2, 0.25) is 17.6 Å². The third-order valence-electron chi connectivity index (χ3n) is 4.45. The fraction of sp³-hybridized carbons (Fsp3) is 0.211. The van der Waals surface area contributed by atoms with Crippen LogP contribution in [0.3, 0.4) is 0 Å². The number of carbonyl (C=O) groups excluding carboxylic acids is 1. The number of rotatable bonds is 3. The summed E-state index contributed by atoms with van der Waals surface area (Å²) in [4.78, 5) is 18.5. The highest BCUT2D eigenvalue weighted by Crippen LogP contribution is 2.34. The van der Waals surface area contributed by atoms with E-state index in [0.717, 1.165) is 11.3 Å². The topological polar surface area (TPSA) is 59.2 Å². The van der Waals surface area contributed by atoms with Crippen LogP contribution in [0.15, 0.2) is 47.0 Å². The Bertz CT molecular complexity index is 988. The number of hydrogen-bond acceptors (Lipinski definition) is 4. The molecule has 1 atom stereocenters. The van der Waals surface area contributed by atoms with Crippen LogP contribution < -0.4 is 4.90 Å². The monoisotopic (exact) mass is 371 g/mol. The maximum absolute atomic E-state index is 13.4. The molecule has 1 unspecified atom stereocenters. The standard InChI is InChI=1S/C19H15ClFN3O2/c1-11-7-14(20)5-6-16(11)24-10-13(9-17(24)25)19-22-18(23-26-19)12-3-2-4-15(21)8-12/h2-8,13H,9-10H2,1H3. The Morgan fingerprint density at radius 2 is 2.12 bits per heavy atom. The van der Waals surface area contributed by atoms with Crippen molar-refractivity contribution in [2.45, 2.75) is 19.3 Å². The molecule has 7 heteroatoms. The van der Waals surface area contributed by atoms with Crippen molar-refractivity contribution in [3.63, 3.8) is 0 Å². The minimum atomic E-state index is -0.366. The molecule has 0 spiro atoms. The molecule has 2 aromatic carbocycles. The summed E-state index contributed by atoms with van der Waals surface area (Å²) >= 11 is 5.99. The van der Waals surface area contributed by atoms with E-state index in [0.29, 0.717) is 28.8 Å². The maximum Gasteiger partial charge on any atom is 0.232 e. The average molecular weight is 372 g/mol. The predicted octanol–water partition coefficient (Wildman–Crippen LogP) is 4.36.